The quantitative estimate of drug-likeness (QED) is 0.880. The molecule has 2 saturated heterocycles. The molecule has 7 nitrogen and oxygen atoms in total. The fraction of sp³-hybridized carbons (Fsp3) is 0.556. The number of halogens is 1. The lowest BCUT2D eigenvalue weighted by Gasteiger charge is -2.35. The van der Waals surface area contributed by atoms with Crippen LogP contribution in [0.25, 0.3) is 11.4 Å². The van der Waals surface area contributed by atoms with E-state index in [2.05, 4.69) is 20.7 Å². The van der Waals surface area contributed by atoms with Gasteiger partial charge in [0.2, 0.25) is 11.7 Å². The molecule has 0 saturated carbocycles. The molecule has 2 aliphatic heterocycles. The fourth-order valence-electron chi connectivity index (χ4n) is 3.91. The van der Waals surface area contributed by atoms with Gasteiger partial charge in [-0.2, -0.15) is 4.80 Å². The first-order valence-corrected chi connectivity index (χ1v) is 8.95. The third kappa shape index (κ3) is 3.88. The highest BCUT2D eigenvalue weighted by atomic mass is 35.5. The number of piperidine rings is 1. The molecule has 2 aliphatic rings. The summed E-state index contributed by atoms with van der Waals surface area (Å²) in [5, 5.41) is 16.1. The molecule has 2 atom stereocenters. The molecule has 140 valence electrons. The molecule has 1 aromatic heterocycles. The van der Waals surface area contributed by atoms with Crippen molar-refractivity contribution in [2.24, 2.45) is 0 Å². The average molecular weight is 377 g/mol. The highest BCUT2D eigenvalue weighted by Crippen LogP contribution is 2.29. The molecule has 2 aromatic rings. The maximum Gasteiger partial charge on any atom is 0.246 e. The summed E-state index contributed by atoms with van der Waals surface area (Å²) in [5.41, 5.74) is 2.09. The number of aryl methyl sites for hydroxylation is 1. The van der Waals surface area contributed by atoms with Crippen LogP contribution in [0.4, 0.5) is 0 Å². The molecule has 0 aliphatic carbocycles. The van der Waals surface area contributed by atoms with Crippen molar-refractivity contribution < 1.29 is 4.79 Å². The third-order valence-electron chi connectivity index (χ3n) is 5.43. The van der Waals surface area contributed by atoms with E-state index in [9.17, 15) is 4.79 Å². The van der Waals surface area contributed by atoms with Crippen LogP contribution in [0.5, 0.6) is 0 Å². The molecule has 0 radical (unpaired) electrons. The Morgan fingerprint density at radius 1 is 1.23 bits per heavy atom. The van der Waals surface area contributed by atoms with Crippen LogP contribution >= 0.6 is 12.4 Å². The number of carbonyl (C=O) groups excluding carboxylic acids is 1. The van der Waals surface area contributed by atoms with Crippen molar-refractivity contribution in [3.8, 4) is 11.4 Å². The van der Waals surface area contributed by atoms with Gasteiger partial charge in [-0.15, -0.1) is 22.6 Å². The molecule has 2 fully saturated rings. The predicted molar refractivity (Wildman–Crippen MR) is 101 cm³/mol. The smallest absolute Gasteiger partial charge is 0.246 e. The molecular formula is C18H25ClN6O. The Morgan fingerprint density at radius 3 is 2.54 bits per heavy atom. The Morgan fingerprint density at radius 2 is 1.88 bits per heavy atom. The van der Waals surface area contributed by atoms with E-state index in [4.69, 9.17) is 0 Å². The predicted octanol–water partition coefficient (Wildman–Crippen LogP) is 1.81. The Bertz CT molecular complexity index is 749. The Hall–Kier alpha value is -1.99. The minimum atomic E-state index is 0. The summed E-state index contributed by atoms with van der Waals surface area (Å²) in [6.45, 7) is 2.17. The van der Waals surface area contributed by atoms with Crippen LogP contribution in [-0.4, -0.2) is 56.2 Å². The lowest BCUT2D eigenvalue weighted by atomic mass is 9.98. The van der Waals surface area contributed by atoms with Crippen LogP contribution in [0, 0.1) is 6.92 Å². The molecule has 26 heavy (non-hydrogen) atoms. The van der Waals surface area contributed by atoms with Crippen molar-refractivity contribution in [2.75, 3.05) is 7.05 Å². The van der Waals surface area contributed by atoms with Crippen molar-refractivity contribution in [1.82, 2.24) is 30.4 Å². The first-order valence-electron chi connectivity index (χ1n) is 8.95. The second-order valence-corrected chi connectivity index (χ2v) is 7.28. The van der Waals surface area contributed by atoms with Crippen molar-refractivity contribution in [3.05, 3.63) is 29.8 Å². The maximum atomic E-state index is 12.6. The molecule has 8 heteroatoms. The van der Waals surface area contributed by atoms with Crippen LogP contribution in [0.3, 0.4) is 0 Å². The first kappa shape index (κ1) is 18.8. The van der Waals surface area contributed by atoms with E-state index in [1.807, 2.05) is 43.1 Å². The van der Waals surface area contributed by atoms with E-state index in [0.717, 1.165) is 18.4 Å². The highest BCUT2D eigenvalue weighted by Gasteiger charge is 2.36. The SMILES string of the molecule is Cc1ccc(-c2nnn(CC(=O)N(C)C3CC4CCC(C3)N4)n2)cc1.Cl. The normalized spacial score (nSPS) is 24.2. The first-order chi connectivity index (χ1) is 12.1. The van der Waals surface area contributed by atoms with Gasteiger partial charge in [-0.05, 0) is 37.8 Å². The van der Waals surface area contributed by atoms with Gasteiger partial charge in [0.1, 0.15) is 6.54 Å². The number of tetrazole rings is 1. The summed E-state index contributed by atoms with van der Waals surface area (Å²) in [5.74, 6) is 0.592. The van der Waals surface area contributed by atoms with Crippen LogP contribution < -0.4 is 5.32 Å². The summed E-state index contributed by atoms with van der Waals surface area (Å²) in [6.07, 6.45) is 4.54. The zero-order valence-corrected chi connectivity index (χ0v) is 15.9. The highest BCUT2D eigenvalue weighted by molar-refractivity contribution is 5.85. The van der Waals surface area contributed by atoms with Crippen molar-refractivity contribution in [1.29, 1.82) is 0 Å². The summed E-state index contributed by atoms with van der Waals surface area (Å²) < 4.78 is 0. The number of hydrogen-bond donors (Lipinski definition) is 1. The molecule has 2 unspecified atom stereocenters. The number of aromatic nitrogens is 4. The largest absolute Gasteiger partial charge is 0.341 e. The van der Waals surface area contributed by atoms with E-state index in [-0.39, 0.29) is 24.9 Å². The van der Waals surface area contributed by atoms with Gasteiger partial charge in [-0.3, -0.25) is 4.79 Å². The van der Waals surface area contributed by atoms with Crippen LogP contribution in [0.2, 0.25) is 0 Å². The summed E-state index contributed by atoms with van der Waals surface area (Å²) in [6, 6.07) is 9.41. The van der Waals surface area contributed by atoms with Gasteiger partial charge in [0.05, 0.1) is 0 Å². The van der Waals surface area contributed by atoms with Gasteiger partial charge < -0.3 is 10.2 Å². The number of benzene rings is 1. The van der Waals surface area contributed by atoms with Gasteiger partial charge in [-0.1, -0.05) is 29.8 Å². The second-order valence-electron chi connectivity index (χ2n) is 7.28. The Balaban J connectivity index is 0.00000196. The van der Waals surface area contributed by atoms with E-state index in [0.29, 0.717) is 23.9 Å². The molecule has 1 N–H and O–H groups in total. The fourth-order valence-corrected chi connectivity index (χ4v) is 3.91. The standard InChI is InChI=1S/C18H24N6O.ClH/c1-12-3-5-13(6-4-12)18-20-22-24(21-18)11-17(25)23(2)16-9-14-7-8-15(10-16)19-14;/h3-6,14-16,19H,7-11H2,1-2H3;1H. The Labute approximate surface area is 159 Å². The Kier molecular flexibility index (Phi) is 5.58. The number of fused-ring (bicyclic) bond motifs is 2. The van der Waals surface area contributed by atoms with E-state index in [1.165, 1.54) is 23.2 Å². The number of nitrogens with zero attached hydrogens (tertiary/aromatic N) is 5. The van der Waals surface area contributed by atoms with Gasteiger partial charge in [0.15, 0.2) is 0 Å². The van der Waals surface area contributed by atoms with Gasteiger partial charge in [0.25, 0.3) is 0 Å². The van der Waals surface area contributed by atoms with Crippen LogP contribution in [-0.2, 0) is 11.3 Å². The number of nitrogens with one attached hydrogen (secondary N) is 1. The van der Waals surface area contributed by atoms with Crippen molar-refractivity contribution in [3.63, 3.8) is 0 Å². The molecule has 2 bridgehead atoms. The van der Waals surface area contributed by atoms with E-state index in [1.54, 1.807) is 0 Å². The van der Waals surface area contributed by atoms with Crippen LogP contribution in [0.1, 0.15) is 31.2 Å². The van der Waals surface area contributed by atoms with Crippen LogP contribution in [0.15, 0.2) is 24.3 Å². The lowest BCUT2D eigenvalue weighted by molar-refractivity contribution is -0.133. The van der Waals surface area contributed by atoms with Gasteiger partial charge in [0, 0.05) is 30.7 Å². The second kappa shape index (κ2) is 7.72. The van der Waals surface area contributed by atoms with Gasteiger partial charge >= 0.3 is 0 Å². The summed E-state index contributed by atoms with van der Waals surface area (Å²) in [4.78, 5) is 15.9. The summed E-state index contributed by atoms with van der Waals surface area (Å²) >= 11 is 0. The monoisotopic (exact) mass is 376 g/mol. The zero-order valence-electron chi connectivity index (χ0n) is 15.1. The zero-order chi connectivity index (χ0) is 17.4. The molecule has 1 amide bonds. The minimum absolute atomic E-state index is 0. The summed E-state index contributed by atoms with van der Waals surface area (Å²) in [7, 11) is 1.90. The molecule has 4 rings (SSSR count). The molecule has 0 spiro atoms. The van der Waals surface area contributed by atoms with E-state index >= 15 is 0 Å². The molecular weight excluding hydrogens is 352 g/mol. The number of amides is 1. The minimum Gasteiger partial charge on any atom is -0.341 e. The number of likely N-dealkylation sites (N-methyl/N-ethyl adjacent to an activating group) is 1. The maximum absolute atomic E-state index is 12.6. The lowest BCUT2D eigenvalue weighted by Crippen LogP contribution is -2.49. The van der Waals surface area contributed by atoms with Crippen molar-refractivity contribution >= 4 is 18.3 Å². The molecule has 3 heterocycles. The molecule has 1 aromatic carbocycles. The topological polar surface area (TPSA) is 75.9 Å². The number of carbonyl (C=O) groups is 1. The van der Waals surface area contributed by atoms with Crippen molar-refractivity contribution in [2.45, 2.75) is 57.3 Å². The number of hydrogen-bond acceptors (Lipinski definition) is 5. The van der Waals surface area contributed by atoms with E-state index < -0.39 is 0 Å². The van der Waals surface area contributed by atoms with Gasteiger partial charge in [-0.25, -0.2) is 0 Å². The number of rotatable bonds is 4. The average Bonchev–Trinajstić information content (AvgIpc) is 3.21. The third-order valence-corrected chi connectivity index (χ3v) is 5.43.